The zero-order valence-corrected chi connectivity index (χ0v) is 4.99. The predicted molar refractivity (Wildman–Crippen MR) is 32.8 cm³/mol. The number of hydrogen-bond acceptors (Lipinski definition) is 5. The topological polar surface area (TPSA) is 54.0 Å². The highest BCUT2D eigenvalue weighted by Gasteiger charge is 2.05. The molecule has 44 valence electrons. The Bertz CT molecular complexity index is 115. The van der Waals surface area contributed by atoms with Crippen LogP contribution < -0.4 is 5.84 Å². The Morgan fingerprint density at radius 3 is 2.88 bits per heavy atom. The normalized spacial score (nSPS) is 26.8. The molecule has 0 spiro atoms. The molecule has 0 bridgehead atoms. The van der Waals surface area contributed by atoms with Gasteiger partial charge in [-0.25, -0.2) is 5.84 Å². The van der Waals surface area contributed by atoms with Crippen molar-refractivity contribution in [3.05, 3.63) is 12.4 Å². The van der Waals surface area contributed by atoms with Crippen molar-refractivity contribution < 1.29 is 0 Å². The van der Waals surface area contributed by atoms with E-state index in [1.54, 1.807) is 6.20 Å². The van der Waals surface area contributed by atoms with Crippen LogP contribution in [-0.4, -0.2) is 10.5 Å². The minimum atomic E-state index is -0.319. The van der Waals surface area contributed by atoms with Gasteiger partial charge in [-0.15, -0.1) is 12.6 Å². The van der Waals surface area contributed by atoms with E-state index < -0.39 is 0 Å². The molecule has 5 heteroatoms. The molecule has 0 fully saturated rings. The van der Waals surface area contributed by atoms with Crippen LogP contribution in [0.3, 0.4) is 0 Å². The van der Waals surface area contributed by atoms with E-state index in [9.17, 15) is 0 Å². The summed E-state index contributed by atoms with van der Waals surface area (Å²) in [7, 11) is 0. The minimum Gasteiger partial charge on any atom is -0.282 e. The van der Waals surface area contributed by atoms with Crippen LogP contribution in [0.2, 0.25) is 0 Å². The molecule has 0 saturated carbocycles. The van der Waals surface area contributed by atoms with Crippen LogP contribution in [0.4, 0.5) is 0 Å². The van der Waals surface area contributed by atoms with Gasteiger partial charge in [0.25, 0.3) is 0 Å². The molecular formula is C3H6N4S. The lowest BCUT2D eigenvalue weighted by atomic mass is 10.8. The largest absolute Gasteiger partial charge is 0.282 e. The molecule has 1 heterocycles. The molecule has 0 aromatic rings. The summed E-state index contributed by atoms with van der Waals surface area (Å²) in [5, 5.41) is 8.53. The van der Waals surface area contributed by atoms with E-state index in [0.717, 1.165) is 0 Å². The van der Waals surface area contributed by atoms with Crippen molar-refractivity contribution in [3.8, 4) is 0 Å². The van der Waals surface area contributed by atoms with Gasteiger partial charge in [-0.05, 0) is 0 Å². The minimum absolute atomic E-state index is 0.319. The Morgan fingerprint density at radius 2 is 2.50 bits per heavy atom. The molecular weight excluding hydrogens is 124 g/mol. The van der Waals surface area contributed by atoms with Crippen LogP contribution in [0.15, 0.2) is 22.6 Å². The molecule has 1 aliphatic heterocycles. The summed E-state index contributed by atoms with van der Waals surface area (Å²) in [6.45, 7) is 0. The molecule has 2 N–H and O–H groups in total. The third-order valence-electron chi connectivity index (χ3n) is 0.742. The van der Waals surface area contributed by atoms with Gasteiger partial charge in [-0.1, -0.05) is 0 Å². The zero-order chi connectivity index (χ0) is 5.98. The third kappa shape index (κ3) is 0.988. The monoisotopic (exact) mass is 130 g/mol. The van der Waals surface area contributed by atoms with Crippen LogP contribution in [-0.2, 0) is 0 Å². The Hall–Kier alpha value is -0.550. The Kier molecular flexibility index (Phi) is 1.50. The summed E-state index contributed by atoms with van der Waals surface area (Å²) in [4.78, 5) is 0. The van der Waals surface area contributed by atoms with Gasteiger partial charge < -0.3 is 0 Å². The summed E-state index contributed by atoms with van der Waals surface area (Å²) in [5.74, 6) is 5.29. The Labute approximate surface area is 52.4 Å². The summed E-state index contributed by atoms with van der Waals surface area (Å²) in [6, 6.07) is 0. The molecule has 0 aliphatic carbocycles. The fourth-order valence-corrected chi connectivity index (χ4v) is 0.478. The first-order chi connectivity index (χ1) is 3.80. The van der Waals surface area contributed by atoms with E-state index in [1.165, 1.54) is 11.2 Å². The number of thiol groups is 1. The van der Waals surface area contributed by atoms with Crippen molar-refractivity contribution in [2.24, 2.45) is 16.1 Å². The summed E-state index contributed by atoms with van der Waals surface area (Å²) >= 11 is 3.95. The molecule has 4 nitrogen and oxygen atoms in total. The number of hydrogen-bond donors (Lipinski definition) is 2. The molecule has 1 aliphatic rings. The van der Waals surface area contributed by atoms with E-state index in [-0.39, 0.29) is 5.50 Å². The van der Waals surface area contributed by atoms with Gasteiger partial charge >= 0.3 is 0 Å². The zero-order valence-electron chi connectivity index (χ0n) is 4.10. The van der Waals surface area contributed by atoms with Crippen molar-refractivity contribution in [2.45, 2.75) is 5.50 Å². The Balaban J connectivity index is 2.59. The standard InChI is InChI=1S/C3H6N4S/c4-7-2-1-5-6-3(7)8/h1-3,8H,4H2. The first-order valence-corrected chi connectivity index (χ1v) is 2.60. The second-order valence-corrected chi connectivity index (χ2v) is 1.78. The van der Waals surface area contributed by atoms with E-state index in [0.29, 0.717) is 0 Å². The van der Waals surface area contributed by atoms with Crippen molar-refractivity contribution in [1.29, 1.82) is 0 Å². The van der Waals surface area contributed by atoms with Crippen molar-refractivity contribution >= 4 is 12.6 Å². The maximum atomic E-state index is 5.29. The molecule has 8 heavy (non-hydrogen) atoms. The van der Waals surface area contributed by atoms with E-state index >= 15 is 0 Å². The van der Waals surface area contributed by atoms with E-state index in [4.69, 9.17) is 5.84 Å². The van der Waals surface area contributed by atoms with Gasteiger partial charge in [0.05, 0.1) is 6.20 Å². The number of hydrazine groups is 1. The van der Waals surface area contributed by atoms with Crippen LogP contribution in [0.5, 0.6) is 0 Å². The highest BCUT2D eigenvalue weighted by Crippen LogP contribution is 2.05. The SMILES string of the molecule is NN1C=CN=NC1S. The maximum Gasteiger partial charge on any atom is 0.199 e. The van der Waals surface area contributed by atoms with Crippen LogP contribution >= 0.6 is 12.6 Å². The van der Waals surface area contributed by atoms with Crippen molar-refractivity contribution in [3.63, 3.8) is 0 Å². The molecule has 0 saturated heterocycles. The number of azo groups is 1. The lowest BCUT2D eigenvalue weighted by molar-refractivity contribution is 0.359. The van der Waals surface area contributed by atoms with Gasteiger partial charge in [-0.3, -0.25) is 5.01 Å². The van der Waals surface area contributed by atoms with Gasteiger partial charge in [0.1, 0.15) is 0 Å². The first-order valence-electron chi connectivity index (χ1n) is 2.08. The highest BCUT2D eigenvalue weighted by molar-refractivity contribution is 7.80. The average Bonchev–Trinajstić information content (AvgIpc) is 1.77. The van der Waals surface area contributed by atoms with Crippen molar-refractivity contribution in [2.75, 3.05) is 0 Å². The fourth-order valence-electron chi connectivity index (χ4n) is 0.342. The number of nitrogens with two attached hydrogens (primary N) is 1. The smallest absolute Gasteiger partial charge is 0.199 e. The first kappa shape index (κ1) is 5.58. The Morgan fingerprint density at radius 1 is 1.75 bits per heavy atom. The molecule has 1 unspecified atom stereocenters. The fraction of sp³-hybridized carbons (Fsp3) is 0.333. The molecule has 1 rings (SSSR count). The second-order valence-electron chi connectivity index (χ2n) is 1.32. The van der Waals surface area contributed by atoms with Crippen LogP contribution in [0, 0.1) is 0 Å². The lowest BCUT2D eigenvalue weighted by Gasteiger charge is -2.17. The van der Waals surface area contributed by atoms with Gasteiger partial charge in [0.15, 0.2) is 5.50 Å². The highest BCUT2D eigenvalue weighted by atomic mass is 32.1. The molecule has 0 aromatic carbocycles. The third-order valence-corrected chi connectivity index (χ3v) is 1.11. The number of nitrogens with zero attached hydrogens (tertiary/aromatic N) is 3. The molecule has 0 radical (unpaired) electrons. The average molecular weight is 130 g/mol. The van der Waals surface area contributed by atoms with Crippen molar-refractivity contribution in [1.82, 2.24) is 5.01 Å². The van der Waals surface area contributed by atoms with Crippen LogP contribution in [0.1, 0.15) is 0 Å². The predicted octanol–water partition coefficient (Wildman–Crippen LogP) is 0.313. The lowest BCUT2D eigenvalue weighted by Crippen LogP contribution is -2.32. The molecule has 0 aromatic heterocycles. The van der Waals surface area contributed by atoms with Gasteiger partial charge in [0, 0.05) is 6.20 Å². The van der Waals surface area contributed by atoms with Crippen LogP contribution in [0.25, 0.3) is 0 Å². The number of rotatable bonds is 0. The summed E-state index contributed by atoms with van der Waals surface area (Å²) in [6.07, 6.45) is 3.11. The molecule has 1 atom stereocenters. The van der Waals surface area contributed by atoms with E-state index in [1.807, 2.05) is 0 Å². The second kappa shape index (κ2) is 2.15. The molecule has 0 amide bonds. The van der Waals surface area contributed by atoms with E-state index in [2.05, 4.69) is 22.9 Å². The van der Waals surface area contributed by atoms with Gasteiger partial charge in [-0.2, -0.15) is 10.2 Å². The quantitative estimate of drug-likeness (QED) is 0.366. The maximum absolute atomic E-state index is 5.29. The summed E-state index contributed by atoms with van der Waals surface area (Å²) < 4.78 is 0. The summed E-state index contributed by atoms with van der Waals surface area (Å²) in [5.41, 5.74) is -0.319. The van der Waals surface area contributed by atoms with Gasteiger partial charge in [0.2, 0.25) is 0 Å².